The first-order valence-electron chi connectivity index (χ1n) is 28.0. The lowest BCUT2D eigenvalue weighted by Crippen LogP contribution is -2.61. The van der Waals surface area contributed by atoms with Crippen LogP contribution in [0.3, 0.4) is 0 Å². The van der Waals surface area contributed by atoms with Crippen molar-refractivity contribution < 1.29 is 69.0 Å². The monoisotopic (exact) mass is 1020 g/mol. The minimum atomic E-state index is -1.72. The molecule has 14 nitrogen and oxygen atoms in total. The van der Waals surface area contributed by atoms with Gasteiger partial charge in [0.1, 0.15) is 54.9 Å². The van der Waals surface area contributed by atoms with Gasteiger partial charge in [0.05, 0.1) is 26.4 Å². The maximum Gasteiger partial charge on any atom is 0.306 e. The summed E-state index contributed by atoms with van der Waals surface area (Å²) < 4.78 is 34.3. The Labute approximate surface area is 434 Å². The predicted molar refractivity (Wildman–Crippen MR) is 284 cm³/mol. The standard InChI is InChI=1S/C58H100O14/c1-3-5-7-9-11-13-15-17-19-21-23-24-26-28-30-32-34-36-38-40-42-67-44-47(70-50(60)41-39-37-35-33-31-29-27-25-22-20-18-16-14-12-10-8-6-4-2)45-68-57-56(66)54(64)52(62)49(72-57)46-69-58-55(65)53(63)51(61)48(43-59)71-58/h5,7,11,13,17,19-20,22-24,28,30,47-49,51-59,61-66H,3-4,6,8-10,12,14-16,18,21,25-27,29,31-46H2,1-2H3/b7-5-,13-11-,19-17-,22-20-,24-23-,30-28-. The highest BCUT2D eigenvalue weighted by Crippen LogP contribution is 2.26. The molecule has 416 valence electrons. The molecule has 72 heavy (non-hydrogen) atoms. The van der Waals surface area contributed by atoms with Gasteiger partial charge in [-0.1, -0.05) is 170 Å². The van der Waals surface area contributed by atoms with Gasteiger partial charge in [-0.05, 0) is 83.5 Å². The molecule has 0 aromatic carbocycles. The molecule has 0 aliphatic carbocycles. The van der Waals surface area contributed by atoms with Gasteiger partial charge in [0.2, 0.25) is 0 Å². The lowest BCUT2D eigenvalue weighted by molar-refractivity contribution is -0.332. The van der Waals surface area contributed by atoms with Crippen molar-refractivity contribution in [2.45, 2.75) is 255 Å². The molecule has 11 atom stereocenters. The second-order valence-corrected chi connectivity index (χ2v) is 19.4. The first-order chi connectivity index (χ1) is 35.1. The van der Waals surface area contributed by atoms with Crippen LogP contribution in [0.5, 0.6) is 0 Å². The third-order valence-corrected chi connectivity index (χ3v) is 12.9. The zero-order valence-electron chi connectivity index (χ0n) is 44.4. The van der Waals surface area contributed by atoms with E-state index in [1.54, 1.807) is 0 Å². The van der Waals surface area contributed by atoms with Gasteiger partial charge in [-0.25, -0.2) is 0 Å². The van der Waals surface area contributed by atoms with Crippen LogP contribution in [0.25, 0.3) is 0 Å². The fourth-order valence-corrected chi connectivity index (χ4v) is 8.42. The Balaban J connectivity index is 1.76. The molecular formula is C58H100O14. The van der Waals surface area contributed by atoms with Crippen molar-refractivity contribution >= 4 is 5.97 Å². The number of hydrogen-bond acceptors (Lipinski definition) is 14. The van der Waals surface area contributed by atoms with Crippen LogP contribution >= 0.6 is 0 Å². The highest BCUT2D eigenvalue weighted by molar-refractivity contribution is 5.69. The van der Waals surface area contributed by atoms with E-state index in [1.165, 1.54) is 70.6 Å². The molecule has 0 bridgehead atoms. The SMILES string of the molecule is CC/C=C\C/C=C\C/C=C\C/C=C\C/C=C\CCCCCCOCC(COC1OC(COC2OC(CO)C(O)C(O)C2O)C(O)C(O)C1O)OC(=O)CCCCCCCCC/C=C\CCCCCCCCC. The molecule has 2 saturated heterocycles. The Bertz CT molecular complexity index is 1460. The number of carbonyl (C=O) groups is 1. The molecule has 2 aliphatic heterocycles. The summed E-state index contributed by atoms with van der Waals surface area (Å²) in [6.45, 7) is 3.50. The summed E-state index contributed by atoms with van der Waals surface area (Å²) >= 11 is 0. The molecule has 0 amide bonds. The van der Waals surface area contributed by atoms with Crippen LogP contribution in [0.2, 0.25) is 0 Å². The normalized spacial score (nSPS) is 25.7. The lowest BCUT2D eigenvalue weighted by Gasteiger charge is -2.42. The molecule has 7 N–H and O–H groups in total. The minimum absolute atomic E-state index is 0.0394. The topological polar surface area (TPSA) is 214 Å². The van der Waals surface area contributed by atoms with Crippen LogP contribution in [0.15, 0.2) is 72.9 Å². The number of aliphatic hydroxyl groups excluding tert-OH is 7. The largest absolute Gasteiger partial charge is 0.457 e. The molecule has 11 unspecified atom stereocenters. The van der Waals surface area contributed by atoms with Gasteiger partial charge in [0.25, 0.3) is 0 Å². The summed E-state index contributed by atoms with van der Waals surface area (Å²) in [4.78, 5) is 13.1. The van der Waals surface area contributed by atoms with Crippen LogP contribution in [-0.2, 0) is 33.2 Å². The van der Waals surface area contributed by atoms with Crippen molar-refractivity contribution in [2.75, 3.05) is 33.0 Å². The molecular weight excluding hydrogens is 921 g/mol. The highest BCUT2D eigenvalue weighted by atomic mass is 16.7. The van der Waals surface area contributed by atoms with Gasteiger partial charge in [0.15, 0.2) is 12.6 Å². The van der Waals surface area contributed by atoms with Crippen LogP contribution < -0.4 is 0 Å². The summed E-state index contributed by atoms with van der Waals surface area (Å²) in [5.74, 6) is -0.392. The van der Waals surface area contributed by atoms with E-state index < -0.39 is 86.7 Å². The zero-order valence-corrected chi connectivity index (χ0v) is 44.4. The molecule has 0 radical (unpaired) electrons. The van der Waals surface area contributed by atoms with E-state index in [0.29, 0.717) is 13.0 Å². The fourth-order valence-electron chi connectivity index (χ4n) is 8.42. The summed E-state index contributed by atoms with van der Waals surface area (Å²) in [6, 6.07) is 0. The molecule has 2 heterocycles. The van der Waals surface area contributed by atoms with Crippen molar-refractivity contribution in [2.24, 2.45) is 0 Å². The Hall–Kier alpha value is -2.57. The van der Waals surface area contributed by atoms with Crippen LogP contribution in [0.4, 0.5) is 0 Å². The number of ether oxygens (including phenoxy) is 6. The number of aliphatic hydroxyl groups is 7. The van der Waals surface area contributed by atoms with E-state index in [1.807, 2.05) is 0 Å². The van der Waals surface area contributed by atoms with Crippen LogP contribution in [0, 0.1) is 0 Å². The van der Waals surface area contributed by atoms with Gasteiger partial charge in [-0.3, -0.25) is 4.79 Å². The molecule has 0 saturated carbocycles. The molecule has 2 aliphatic rings. The molecule has 0 aromatic rings. The summed E-state index contributed by atoms with van der Waals surface area (Å²) in [5, 5.41) is 72.3. The third-order valence-electron chi connectivity index (χ3n) is 12.9. The number of carbonyl (C=O) groups excluding carboxylic acids is 1. The average molecular weight is 1020 g/mol. The van der Waals surface area contributed by atoms with Crippen LogP contribution in [-0.4, -0.2) is 142 Å². The third kappa shape index (κ3) is 31.3. The Morgan fingerprint density at radius 2 is 0.903 bits per heavy atom. The summed E-state index contributed by atoms with van der Waals surface area (Å²) in [5.41, 5.74) is 0. The molecule has 0 aromatic heterocycles. The Morgan fingerprint density at radius 3 is 1.43 bits per heavy atom. The lowest BCUT2D eigenvalue weighted by atomic mass is 9.98. The summed E-state index contributed by atoms with van der Waals surface area (Å²) in [7, 11) is 0. The highest BCUT2D eigenvalue weighted by Gasteiger charge is 2.47. The van der Waals surface area contributed by atoms with E-state index in [2.05, 4.69) is 86.8 Å². The summed E-state index contributed by atoms with van der Waals surface area (Å²) in [6.07, 6.45) is 39.6. The zero-order chi connectivity index (χ0) is 52.3. The number of allylic oxidation sites excluding steroid dienone is 12. The van der Waals surface area contributed by atoms with Crippen molar-refractivity contribution in [1.82, 2.24) is 0 Å². The molecule has 2 rings (SSSR count). The number of rotatable bonds is 44. The fraction of sp³-hybridized carbons (Fsp3) is 0.776. The maximum absolute atomic E-state index is 13.1. The number of unbranched alkanes of at least 4 members (excludes halogenated alkanes) is 18. The first-order valence-corrected chi connectivity index (χ1v) is 28.0. The second kappa shape index (κ2) is 44.7. The van der Waals surface area contributed by atoms with E-state index >= 15 is 0 Å². The number of esters is 1. The maximum atomic E-state index is 13.1. The predicted octanol–water partition coefficient (Wildman–Crippen LogP) is 9.47. The van der Waals surface area contributed by atoms with E-state index in [9.17, 15) is 40.5 Å². The van der Waals surface area contributed by atoms with Crippen molar-refractivity contribution in [3.63, 3.8) is 0 Å². The molecule has 2 fully saturated rings. The van der Waals surface area contributed by atoms with Gasteiger partial charge in [-0.15, -0.1) is 0 Å². The molecule has 14 heteroatoms. The van der Waals surface area contributed by atoms with Crippen LogP contribution in [0.1, 0.15) is 187 Å². The van der Waals surface area contributed by atoms with Crippen molar-refractivity contribution in [3.05, 3.63) is 72.9 Å². The Kier molecular flexibility index (Phi) is 40.7. The van der Waals surface area contributed by atoms with E-state index in [0.717, 1.165) is 89.9 Å². The second-order valence-electron chi connectivity index (χ2n) is 19.4. The smallest absolute Gasteiger partial charge is 0.306 e. The Morgan fingerprint density at radius 1 is 0.472 bits per heavy atom. The van der Waals surface area contributed by atoms with Crippen molar-refractivity contribution in [1.29, 1.82) is 0 Å². The van der Waals surface area contributed by atoms with E-state index in [-0.39, 0.29) is 19.6 Å². The average Bonchev–Trinajstić information content (AvgIpc) is 3.38. The van der Waals surface area contributed by atoms with E-state index in [4.69, 9.17) is 28.4 Å². The quantitative estimate of drug-likeness (QED) is 0.0172. The first kappa shape index (κ1) is 65.5. The minimum Gasteiger partial charge on any atom is -0.457 e. The van der Waals surface area contributed by atoms with Gasteiger partial charge >= 0.3 is 5.97 Å². The van der Waals surface area contributed by atoms with Crippen molar-refractivity contribution in [3.8, 4) is 0 Å². The van der Waals surface area contributed by atoms with Gasteiger partial charge in [-0.2, -0.15) is 0 Å². The van der Waals surface area contributed by atoms with Gasteiger partial charge < -0.3 is 64.2 Å². The van der Waals surface area contributed by atoms with Gasteiger partial charge in [0, 0.05) is 13.0 Å². The molecule has 0 spiro atoms. The number of hydrogen-bond donors (Lipinski definition) is 7.